The number of hydrogen-bond donors (Lipinski definition) is 2. The van der Waals surface area contributed by atoms with E-state index in [-0.39, 0.29) is 12.6 Å². The highest BCUT2D eigenvalue weighted by atomic mass is 16.3. The summed E-state index contributed by atoms with van der Waals surface area (Å²) < 4.78 is 1.51. The second-order valence-corrected chi connectivity index (χ2v) is 3.55. The molecule has 2 aromatic heterocycles. The third-order valence-electron chi connectivity index (χ3n) is 2.37. The van der Waals surface area contributed by atoms with Crippen molar-refractivity contribution in [2.45, 2.75) is 6.92 Å². The summed E-state index contributed by atoms with van der Waals surface area (Å²) in [6.07, 6.45) is 3.35. The van der Waals surface area contributed by atoms with E-state index in [1.807, 2.05) is 11.8 Å². The first-order valence-electron chi connectivity index (χ1n) is 5.62. The van der Waals surface area contributed by atoms with Crippen molar-refractivity contribution in [3.05, 3.63) is 18.5 Å². The highest BCUT2D eigenvalue weighted by Gasteiger charge is 2.11. The van der Waals surface area contributed by atoms with Gasteiger partial charge in [-0.15, -0.1) is 0 Å². The maximum Gasteiger partial charge on any atom is 0.257 e. The van der Waals surface area contributed by atoms with Crippen LogP contribution >= 0.6 is 0 Å². The van der Waals surface area contributed by atoms with Gasteiger partial charge in [0, 0.05) is 25.5 Å². The Hall–Kier alpha value is -2.22. The number of aliphatic hydroxyl groups excluding tert-OH is 1. The fourth-order valence-electron chi connectivity index (χ4n) is 1.52. The third-order valence-corrected chi connectivity index (χ3v) is 2.37. The predicted octanol–water partition coefficient (Wildman–Crippen LogP) is -0.542. The van der Waals surface area contributed by atoms with Crippen molar-refractivity contribution in [2.24, 2.45) is 0 Å². The minimum Gasteiger partial charge on any atom is -0.395 e. The van der Waals surface area contributed by atoms with E-state index in [2.05, 4.69) is 20.1 Å². The van der Waals surface area contributed by atoms with E-state index >= 15 is 0 Å². The minimum atomic E-state index is 0.0243. The molecule has 2 aromatic rings. The van der Waals surface area contributed by atoms with Crippen LogP contribution in [0.5, 0.6) is 0 Å². The Labute approximate surface area is 104 Å². The number of aliphatic hydroxyl groups is 1. The molecule has 0 aliphatic rings. The first-order valence-corrected chi connectivity index (χ1v) is 5.62. The fourth-order valence-corrected chi connectivity index (χ4v) is 1.52. The van der Waals surface area contributed by atoms with Crippen molar-refractivity contribution < 1.29 is 5.11 Å². The predicted molar refractivity (Wildman–Crippen MR) is 66.3 cm³/mol. The van der Waals surface area contributed by atoms with Crippen LogP contribution in [0.25, 0.3) is 5.95 Å². The zero-order chi connectivity index (χ0) is 13.0. The van der Waals surface area contributed by atoms with Gasteiger partial charge in [-0.25, -0.2) is 4.68 Å². The SMILES string of the molecule is CCN(CCO)c1nc(N)nc(-n2cccn2)n1. The summed E-state index contributed by atoms with van der Waals surface area (Å²) in [7, 11) is 0. The number of anilines is 2. The lowest BCUT2D eigenvalue weighted by atomic mass is 10.5. The molecule has 0 aliphatic carbocycles. The first-order chi connectivity index (χ1) is 8.74. The van der Waals surface area contributed by atoms with Gasteiger partial charge in [0.1, 0.15) is 0 Å². The second-order valence-electron chi connectivity index (χ2n) is 3.55. The molecule has 0 atom stereocenters. The van der Waals surface area contributed by atoms with Crippen LogP contribution in [-0.4, -0.2) is 49.5 Å². The van der Waals surface area contributed by atoms with Gasteiger partial charge in [-0.2, -0.15) is 20.1 Å². The van der Waals surface area contributed by atoms with Crippen molar-refractivity contribution >= 4 is 11.9 Å². The van der Waals surface area contributed by atoms with E-state index in [0.29, 0.717) is 25.0 Å². The number of aromatic nitrogens is 5. The van der Waals surface area contributed by atoms with Crippen molar-refractivity contribution in [1.82, 2.24) is 24.7 Å². The van der Waals surface area contributed by atoms with Crippen LogP contribution in [0, 0.1) is 0 Å². The summed E-state index contributed by atoms with van der Waals surface area (Å²) in [5.41, 5.74) is 5.66. The zero-order valence-corrected chi connectivity index (χ0v) is 10.1. The van der Waals surface area contributed by atoms with Crippen LogP contribution in [0.15, 0.2) is 18.5 Å². The standard InChI is InChI=1S/C10H15N7O/c1-2-16(6-7-18)9-13-8(11)14-10(15-9)17-5-3-4-12-17/h3-5,18H,2,6-7H2,1H3,(H2,11,13,14,15). The van der Waals surface area contributed by atoms with Gasteiger partial charge in [0.25, 0.3) is 5.95 Å². The van der Waals surface area contributed by atoms with E-state index < -0.39 is 0 Å². The molecule has 96 valence electrons. The van der Waals surface area contributed by atoms with Gasteiger partial charge in [0.05, 0.1) is 6.61 Å². The van der Waals surface area contributed by atoms with Crippen LogP contribution < -0.4 is 10.6 Å². The normalized spacial score (nSPS) is 10.6. The van der Waals surface area contributed by atoms with Crippen molar-refractivity contribution in [3.8, 4) is 5.95 Å². The van der Waals surface area contributed by atoms with Gasteiger partial charge >= 0.3 is 0 Å². The molecule has 0 aromatic carbocycles. The molecule has 8 heteroatoms. The average Bonchev–Trinajstić information content (AvgIpc) is 2.89. The molecule has 0 spiro atoms. The molecule has 0 bridgehead atoms. The maximum atomic E-state index is 8.99. The quantitative estimate of drug-likeness (QED) is 0.732. The first kappa shape index (κ1) is 12.2. The van der Waals surface area contributed by atoms with E-state index in [4.69, 9.17) is 10.8 Å². The summed E-state index contributed by atoms with van der Waals surface area (Å²) >= 11 is 0. The van der Waals surface area contributed by atoms with Gasteiger partial charge in [0.2, 0.25) is 11.9 Å². The smallest absolute Gasteiger partial charge is 0.257 e. The van der Waals surface area contributed by atoms with Crippen LogP contribution in [0.3, 0.4) is 0 Å². The summed E-state index contributed by atoms with van der Waals surface area (Å²) in [5, 5.41) is 13.0. The molecule has 8 nitrogen and oxygen atoms in total. The molecule has 0 unspecified atom stereocenters. The van der Waals surface area contributed by atoms with E-state index in [1.165, 1.54) is 4.68 Å². The van der Waals surface area contributed by atoms with Gasteiger partial charge in [-0.1, -0.05) is 0 Å². The van der Waals surface area contributed by atoms with Gasteiger partial charge in [-0.05, 0) is 13.0 Å². The Morgan fingerprint density at radius 2 is 2.22 bits per heavy atom. The molecule has 0 saturated carbocycles. The van der Waals surface area contributed by atoms with Crippen molar-refractivity contribution in [2.75, 3.05) is 30.3 Å². The van der Waals surface area contributed by atoms with E-state index in [0.717, 1.165) is 0 Å². The summed E-state index contributed by atoms with van der Waals surface area (Å²) in [4.78, 5) is 14.2. The number of likely N-dealkylation sites (N-methyl/N-ethyl adjacent to an activating group) is 1. The lowest BCUT2D eigenvalue weighted by Crippen LogP contribution is -2.29. The van der Waals surface area contributed by atoms with E-state index in [1.54, 1.807) is 18.5 Å². The molecule has 0 radical (unpaired) electrons. The highest BCUT2D eigenvalue weighted by Crippen LogP contribution is 2.10. The zero-order valence-electron chi connectivity index (χ0n) is 10.1. The van der Waals surface area contributed by atoms with E-state index in [9.17, 15) is 0 Å². The summed E-state index contributed by atoms with van der Waals surface area (Å²) in [5.74, 6) is 0.922. The number of hydrogen-bond acceptors (Lipinski definition) is 7. The number of nitrogen functional groups attached to an aromatic ring is 1. The average molecular weight is 249 g/mol. The Kier molecular flexibility index (Phi) is 3.68. The van der Waals surface area contributed by atoms with Crippen molar-refractivity contribution in [3.63, 3.8) is 0 Å². The van der Waals surface area contributed by atoms with Crippen molar-refractivity contribution in [1.29, 1.82) is 0 Å². The maximum absolute atomic E-state index is 8.99. The monoisotopic (exact) mass is 249 g/mol. The molecule has 2 heterocycles. The molecular weight excluding hydrogens is 234 g/mol. The molecule has 2 rings (SSSR count). The number of nitrogens with two attached hydrogens (primary N) is 1. The lowest BCUT2D eigenvalue weighted by molar-refractivity contribution is 0.301. The molecular formula is C10H15N7O. The third kappa shape index (κ3) is 2.54. The molecule has 18 heavy (non-hydrogen) atoms. The van der Waals surface area contributed by atoms with Gasteiger partial charge in [-0.3, -0.25) is 0 Å². The minimum absolute atomic E-state index is 0.0243. The Morgan fingerprint density at radius 1 is 1.39 bits per heavy atom. The van der Waals surface area contributed by atoms with Gasteiger partial charge < -0.3 is 15.7 Å². The number of nitrogens with zero attached hydrogens (tertiary/aromatic N) is 6. The topological polar surface area (TPSA) is 106 Å². The molecule has 0 aliphatic heterocycles. The van der Waals surface area contributed by atoms with Gasteiger partial charge in [0.15, 0.2) is 0 Å². The van der Waals surface area contributed by atoms with Crippen LogP contribution in [-0.2, 0) is 0 Å². The summed E-state index contributed by atoms with van der Waals surface area (Å²) in [6, 6.07) is 1.77. The Balaban J connectivity index is 2.37. The Morgan fingerprint density at radius 3 is 2.83 bits per heavy atom. The van der Waals surface area contributed by atoms with Crippen LogP contribution in [0.1, 0.15) is 6.92 Å². The molecule has 0 fully saturated rings. The molecule has 0 amide bonds. The van der Waals surface area contributed by atoms with Crippen LogP contribution in [0.4, 0.5) is 11.9 Å². The number of rotatable bonds is 5. The van der Waals surface area contributed by atoms with Crippen LogP contribution in [0.2, 0.25) is 0 Å². The fraction of sp³-hybridized carbons (Fsp3) is 0.400. The summed E-state index contributed by atoms with van der Waals surface area (Å²) in [6.45, 7) is 3.08. The molecule has 0 saturated heterocycles. The lowest BCUT2D eigenvalue weighted by Gasteiger charge is -2.19. The largest absolute Gasteiger partial charge is 0.395 e. The Bertz CT molecular complexity index is 499. The second kappa shape index (κ2) is 5.41. The highest BCUT2D eigenvalue weighted by molar-refractivity contribution is 5.37. The molecule has 3 N–H and O–H groups in total.